The first kappa shape index (κ1) is 10.8. The van der Waals surface area contributed by atoms with Gasteiger partial charge in [0.25, 0.3) is 0 Å². The molecule has 1 heterocycles. The maximum Gasteiger partial charge on any atom is 0.149 e. The summed E-state index contributed by atoms with van der Waals surface area (Å²) >= 11 is 0. The number of aromatic nitrogens is 2. The van der Waals surface area contributed by atoms with Gasteiger partial charge in [0.2, 0.25) is 0 Å². The minimum absolute atomic E-state index is 0.331. The van der Waals surface area contributed by atoms with Crippen LogP contribution >= 0.6 is 0 Å². The van der Waals surface area contributed by atoms with Gasteiger partial charge in [0.1, 0.15) is 23.5 Å². The van der Waals surface area contributed by atoms with Crippen LogP contribution in [0.1, 0.15) is 0 Å². The molecule has 0 saturated carbocycles. The van der Waals surface area contributed by atoms with Crippen LogP contribution in [0.3, 0.4) is 0 Å². The Labute approximate surface area is 92.5 Å². The molecule has 0 atom stereocenters. The first-order valence-corrected chi connectivity index (χ1v) is 4.95. The number of nitrogens with one attached hydrogen (secondary N) is 1. The zero-order valence-electron chi connectivity index (χ0n) is 8.90. The molecular formula is C11H12FN3O. The Kier molecular flexibility index (Phi) is 3.26. The molecule has 0 bridgehead atoms. The molecule has 1 aromatic heterocycles. The van der Waals surface area contributed by atoms with Gasteiger partial charge in [-0.2, -0.15) is 0 Å². The van der Waals surface area contributed by atoms with Crippen molar-refractivity contribution in [2.75, 3.05) is 25.6 Å². The monoisotopic (exact) mass is 221 g/mol. The predicted octanol–water partition coefficient (Wildman–Crippen LogP) is 1.83. The molecule has 0 fully saturated rings. The highest BCUT2D eigenvalue weighted by Gasteiger charge is 2.06. The predicted molar refractivity (Wildman–Crippen MR) is 59.9 cm³/mol. The van der Waals surface area contributed by atoms with Gasteiger partial charge in [-0.15, -0.1) is 0 Å². The fourth-order valence-electron chi connectivity index (χ4n) is 1.46. The van der Waals surface area contributed by atoms with Gasteiger partial charge in [-0.05, 0) is 12.1 Å². The summed E-state index contributed by atoms with van der Waals surface area (Å²) in [7, 11) is 1.62. The molecule has 16 heavy (non-hydrogen) atoms. The Balaban J connectivity index is 2.34. The minimum atomic E-state index is -0.338. The molecule has 2 aromatic rings. The van der Waals surface area contributed by atoms with Crippen LogP contribution in [0.15, 0.2) is 24.5 Å². The number of nitrogens with zero attached hydrogens (tertiary/aromatic N) is 2. The molecule has 1 N–H and O–H groups in total. The lowest BCUT2D eigenvalue weighted by atomic mass is 10.2. The first-order chi connectivity index (χ1) is 7.83. The zero-order valence-corrected chi connectivity index (χ0v) is 8.90. The van der Waals surface area contributed by atoms with E-state index < -0.39 is 0 Å². The summed E-state index contributed by atoms with van der Waals surface area (Å²) in [6, 6.07) is 4.81. The van der Waals surface area contributed by atoms with Crippen molar-refractivity contribution in [1.82, 2.24) is 9.97 Å². The number of halogens is 1. The minimum Gasteiger partial charge on any atom is -0.383 e. The molecular weight excluding hydrogens is 209 g/mol. The molecule has 5 heteroatoms. The number of fused-ring (bicyclic) bond motifs is 1. The van der Waals surface area contributed by atoms with E-state index in [1.54, 1.807) is 19.2 Å². The first-order valence-electron chi connectivity index (χ1n) is 4.95. The lowest BCUT2D eigenvalue weighted by Gasteiger charge is -2.07. The van der Waals surface area contributed by atoms with Gasteiger partial charge in [0.05, 0.1) is 6.61 Å². The van der Waals surface area contributed by atoms with E-state index >= 15 is 0 Å². The largest absolute Gasteiger partial charge is 0.383 e. The van der Waals surface area contributed by atoms with Crippen molar-refractivity contribution in [3.63, 3.8) is 0 Å². The third-order valence-electron chi connectivity index (χ3n) is 2.21. The number of ether oxygens (including phenoxy) is 1. The number of benzene rings is 1. The van der Waals surface area contributed by atoms with E-state index in [0.717, 1.165) is 0 Å². The van der Waals surface area contributed by atoms with Gasteiger partial charge >= 0.3 is 0 Å². The third kappa shape index (κ3) is 2.09. The van der Waals surface area contributed by atoms with Gasteiger partial charge < -0.3 is 10.1 Å². The molecule has 2 rings (SSSR count). The van der Waals surface area contributed by atoms with E-state index in [1.165, 1.54) is 12.4 Å². The lowest BCUT2D eigenvalue weighted by Crippen LogP contribution is -2.09. The second-order valence-corrected chi connectivity index (χ2v) is 3.28. The fraction of sp³-hybridized carbons (Fsp3) is 0.273. The Morgan fingerprint density at radius 1 is 1.38 bits per heavy atom. The van der Waals surface area contributed by atoms with Crippen molar-refractivity contribution < 1.29 is 9.13 Å². The number of anilines is 1. The van der Waals surface area contributed by atoms with Crippen LogP contribution in [-0.4, -0.2) is 30.2 Å². The van der Waals surface area contributed by atoms with Crippen LogP contribution in [0.2, 0.25) is 0 Å². The summed E-state index contributed by atoms with van der Waals surface area (Å²) in [6.07, 6.45) is 1.35. The summed E-state index contributed by atoms with van der Waals surface area (Å²) in [5.41, 5.74) is 0.331. The maximum atomic E-state index is 13.4. The molecule has 0 saturated heterocycles. The van der Waals surface area contributed by atoms with Gasteiger partial charge in [-0.25, -0.2) is 14.4 Å². The van der Waals surface area contributed by atoms with E-state index in [4.69, 9.17) is 4.74 Å². The fourth-order valence-corrected chi connectivity index (χ4v) is 1.46. The Morgan fingerprint density at radius 2 is 2.25 bits per heavy atom. The Morgan fingerprint density at radius 3 is 3.06 bits per heavy atom. The summed E-state index contributed by atoms with van der Waals surface area (Å²) in [6.45, 7) is 1.19. The third-order valence-corrected chi connectivity index (χ3v) is 2.21. The quantitative estimate of drug-likeness (QED) is 0.800. The van der Waals surface area contributed by atoms with Crippen LogP contribution in [-0.2, 0) is 4.74 Å². The van der Waals surface area contributed by atoms with E-state index in [1.807, 2.05) is 0 Å². The van der Waals surface area contributed by atoms with E-state index in [-0.39, 0.29) is 5.82 Å². The average Bonchev–Trinajstić information content (AvgIpc) is 2.31. The number of rotatable bonds is 4. The number of hydrogen-bond donors (Lipinski definition) is 1. The van der Waals surface area contributed by atoms with Gasteiger partial charge in [-0.1, -0.05) is 6.07 Å². The maximum absolute atomic E-state index is 13.4. The summed E-state index contributed by atoms with van der Waals surface area (Å²) in [4.78, 5) is 7.99. The Bertz CT molecular complexity index is 490. The van der Waals surface area contributed by atoms with E-state index in [2.05, 4.69) is 15.3 Å². The highest BCUT2D eigenvalue weighted by Crippen LogP contribution is 2.20. The molecule has 0 aliphatic heterocycles. The molecule has 0 aliphatic carbocycles. The summed E-state index contributed by atoms with van der Waals surface area (Å²) in [5, 5.41) is 3.75. The van der Waals surface area contributed by atoms with Crippen molar-refractivity contribution in [3.05, 3.63) is 30.3 Å². The van der Waals surface area contributed by atoms with Crippen molar-refractivity contribution in [3.8, 4) is 0 Å². The second kappa shape index (κ2) is 4.85. The van der Waals surface area contributed by atoms with Crippen LogP contribution in [0.4, 0.5) is 10.2 Å². The zero-order chi connectivity index (χ0) is 11.4. The topological polar surface area (TPSA) is 47.0 Å². The van der Waals surface area contributed by atoms with Crippen LogP contribution in [0, 0.1) is 5.82 Å². The van der Waals surface area contributed by atoms with Crippen molar-refractivity contribution in [2.24, 2.45) is 0 Å². The van der Waals surface area contributed by atoms with Crippen LogP contribution in [0.5, 0.6) is 0 Å². The summed E-state index contributed by atoms with van der Waals surface area (Å²) < 4.78 is 18.3. The second-order valence-electron chi connectivity index (χ2n) is 3.28. The number of hydrogen-bond acceptors (Lipinski definition) is 4. The van der Waals surface area contributed by atoms with Gasteiger partial charge in [0.15, 0.2) is 0 Å². The molecule has 0 radical (unpaired) electrons. The lowest BCUT2D eigenvalue weighted by molar-refractivity contribution is 0.210. The molecule has 0 amide bonds. The van der Waals surface area contributed by atoms with Gasteiger partial charge in [-0.3, -0.25) is 0 Å². The molecule has 1 aromatic carbocycles. The average molecular weight is 221 g/mol. The molecule has 0 spiro atoms. The van der Waals surface area contributed by atoms with Crippen molar-refractivity contribution in [2.45, 2.75) is 0 Å². The van der Waals surface area contributed by atoms with Crippen LogP contribution < -0.4 is 5.32 Å². The highest BCUT2D eigenvalue weighted by molar-refractivity contribution is 5.89. The SMILES string of the molecule is COCCNc1ncnc2c(F)cccc12. The van der Waals surface area contributed by atoms with E-state index in [0.29, 0.717) is 29.9 Å². The van der Waals surface area contributed by atoms with Gasteiger partial charge in [0, 0.05) is 19.0 Å². The standard InChI is InChI=1S/C11H12FN3O/c1-16-6-5-13-11-8-3-2-4-9(12)10(8)14-7-15-11/h2-4,7H,5-6H2,1H3,(H,13,14,15). The molecule has 0 aliphatic rings. The van der Waals surface area contributed by atoms with Crippen molar-refractivity contribution in [1.29, 1.82) is 0 Å². The Hall–Kier alpha value is -1.75. The van der Waals surface area contributed by atoms with Crippen LogP contribution in [0.25, 0.3) is 10.9 Å². The van der Waals surface area contributed by atoms with E-state index in [9.17, 15) is 4.39 Å². The smallest absolute Gasteiger partial charge is 0.149 e. The van der Waals surface area contributed by atoms with Crippen molar-refractivity contribution >= 4 is 16.7 Å². The summed E-state index contributed by atoms with van der Waals surface area (Å²) in [5.74, 6) is 0.288. The number of methoxy groups -OCH3 is 1. The molecule has 0 unspecified atom stereocenters. The number of para-hydroxylation sites is 1. The highest BCUT2D eigenvalue weighted by atomic mass is 19.1. The molecule has 84 valence electrons. The molecule has 4 nitrogen and oxygen atoms in total. The normalized spacial score (nSPS) is 10.6.